The molecule has 2 heterocycles. The van der Waals surface area contributed by atoms with Crippen LogP contribution in [-0.2, 0) is 6.54 Å². The monoisotopic (exact) mass is 254 g/mol. The van der Waals surface area contributed by atoms with Crippen LogP contribution in [0.4, 0.5) is 0 Å². The molecule has 0 saturated heterocycles. The Hall–Kier alpha value is -0.850. The maximum Gasteiger partial charge on any atom is 0.159 e. The van der Waals surface area contributed by atoms with Gasteiger partial charge in [0, 0.05) is 6.54 Å². The summed E-state index contributed by atoms with van der Waals surface area (Å²) in [6, 6.07) is 0. The summed E-state index contributed by atoms with van der Waals surface area (Å²) in [5.41, 5.74) is 2.88. The molecule has 0 aliphatic rings. The molecular formula is C10H14N4S2. The molecule has 0 aromatic carbocycles. The lowest BCUT2D eigenvalue weighted by molar-refractivity contribution is 0.668. The number of nitrogens with zero attached hydrogens (tertiary/aromatic N) is 3. The molecule has 0 saturated carbocycles. The Bertz CT molecular complexity index is 449. The summed E-state index contributed by atoms with van der Waals surface area (Å²) >= 11 is 3.26. The Balaban J connectivity index is 2.05. The van der Waals surface area contributed by atoms with Crippen molar-refractivity contribution in [1.82, 2.24) is 20.5 Å². The summed E-state index contributed by atoms with van der Waals surface area (Å²) in [7, 11) is 0. The first kappa shape index (κ1) is 11.6. The molecule has 0 bridgehead atoms. The van der Waals surface area contributed by atoms with Crippen LogP contribution in [0.15, 0.2) is 5.51 Å². The van der Waals surface area contributed by atoms with Crippen LogP contribution in [0.2, 0.25) is 0 Å². The molecule has 2 aromatic heterocycles. The van der Waals surface area contributed by atoms with Gasteiger partial charge in [-0.1, -0.05) is 18.3 Å². The first-order valence-electron chi connectivity index (χ1n) is 5.24. The van der Waals surface area contributed by atoms with Gasteiger partial charge in [0.15, 0.2) is 5.01 Å². The molecule has 0 radical (unpaired) electrons. The van der Waals surface area contributed by atoms with Crippen LogP contribution >= 0.6 is 22.7 Å². The molecule has 0 atom stereocenters. The van der Waals surface area contributed by atoms with Crippen molar-refractivity contribution in [1.29, 1.82) is 0 Å². The minimum absolute atomic E-state index is 0.809. The average molecular weight is 254 g/mol. The zero-order valence-electron chi connectivity index (χ0n) is 9.36. The first-order valence-corrected chi connectivity index (χ1v) is 6.94. The van der Waals surface area contributed by atoms with E-state index in [2.05, 4.69) is 27.4 Å². The van der Waals surface area contributed by atoms with Gasteiger partial charge in [-0.25, -0.2) is 4.98 Å². The Morgan fingerprint density at radius 1 is 1.38 bits per heavy atom. The summed E-state index contributed by atoms with van der Waals surface area (Å²) in [6.07, 6.45) is 1.14. The number of thiazole rings is 1. The molecule has 6 heteroatoms. The average Bonchev–Trinajstić information content (AvgIpc) is 2.87. The van der Waals surface area contributed by atoms with Gasteiger partial charge in [-0.15, -0.1) is 21.5 Å². The van der Waals surface area contributed by atoms with Gasteiger partial charge in [0.25, 0.3) is 0 Å². The number of aryl methyl sites for hydroxylation is 1. The normalized spacial score (nSPS) is 10.9. The van der Waals surface area contributed by atoms with Crippen molar-refractivity contribution in [2.24, 2.45) is 0 Å². The second-order valence-corrected chi connectivity index (χ2v) is 5.36. The molecule has 0 amide bonds. The van der Waals surface area contributed by atoms with Crippen LogP contribution in [0.3, 0.4) is 0 Å². The van der Waals surface area contributed by atoms with Gasteiger partial charge in [0.2, 0.25) is 0 Å². The third-order valence-corrected chi connectivity index (χ3v) is 4.11. The van der Waals surface area contributed by atoms with E-state index in [9.17, 15) is 0 Å². The lowest BCUT2D eigenvalue weighted by Gasteiger charge is -1.96. The highest BCUT2D eigenvalue weighted by atomic mass is 32.1. The molecule has 0 unspecified atom stereocenters. The van der Waals surface area contributed by atoms with E-state index in [4.69, 9.17) is 0 Å². The Morgan fingerprint density at radius 3 is 2.94 bits per heavy atom. The van der Waals surface area contributed by atoms with Crippen LogP contribution in [0, 0.1) is 6.92 Å². The second kappa shape index (κ2) is 5.47. The minimum Gasteiger partial charge on any atom is -0.310 e. The summed E-state index contributed by atoms with van der Waals surface area (Å²) in [6.45, 7) is 5.99. The second-order valence-electron chi connectivity index (χ2n) is 3.44. The van der Waals surface area contributed by atoms with Crippen molar-refractivity contribution in [3.05, 3.63) is 16.2 Å². The van der Waals surface area contributed by atoms with Crippen molar-refractivity contribution in [2.45, 2.75) is 26.8 Å². The smallest absolute Gasteiger partial charge is 0.159 e. The van der Waals surface area contributed by atoms with E-state index >= 15 is 0 Å². The number of aromatic nitrogens is 3. The Morgan fingerprint density at radius 2 is 2.25 bits per heavy atom. The highest BCUT2D eigenvalue weighted by Gasteiger charge is 2.10. The topological polar surface area (TPSA) is 50.7 Å². The molecule has 16 heavy (non-hydrogen) atoms. The van der Waals surface area contributed by atoms with Gasteiger partial charge in [-0.2, -0.15) is 0 Å². The Kier molecular flexibility index (Phi) is 3.98. The number of rotatable bonds is 5. The quantitative estimate of drug-likeness (QED) is 0.833. The van der Waals surface area contributed by atoms with Crippen molar-refractivity contribution in [2.75, 3.05) is 6.54 Å². The highest BCUT2D eigenvalue weighted by Crippen LogP contribution is 2.29. The van der Waals surface area contributed by atoms with E-state index in [0.717, 1.165) is 40.1 Å². The van der Waals surface area contributed by atoms with E-state index in [1.807, 2.05) is 12.4 Å². The van der Waals surface area contributed by atoms with E-state index in [1.165, 1.54) is 0 Å². The molecule has 4 nitrogen and oxygen atoms in total. The summed E-state index contributed by atoms with van der Waals surface area (Å²) < 4.78 is 0. The lowest BCUT2D eigenvalue weighted by Crippen LogP contribution is -2.13. The van der Waals surface area contributed by atoms with Crippen molar-refractivity contribution < 1.29 is 0 Å². The maximum atomic E-state index is 4.22. The summed E-state index contributed by atoms with van der Waals surface area (Å²) in [4.78, 5) is 5.36. The van der Waals surface area contributed by atoms with E-state index in [0.29, 0.717) is 0 Å². The SMILES string of the molecule is CCCNCc1nnc(-c2scnc2C)s1. The maximum absolute atomic E-state index is 4.22. The largest absolute Gasteiger partial charge is 0.310 e. The molecule has 2 aromatic rings. The van der Waals surface area contributed by atoms with Gasteiger partial charge in [0.05, 0.1) is 16.1 Å². The van der Waals surface area contributed by atoms with Gasteiger partial charge >= 0.3 is 0 Å². The molecule has 0 fully saturated rings. The fourth-order valence-electron chi connectivity index (χ4n) is 1.30. The fraction of sp³-hybridized carbons (Fsp3) is 0.500. The van der Waals surface area contributed by atoms with Gasteiger partial charge in [0.1, 0.15) is 5.01 Å². The zero-order chi connectivity index (χ0) is 11.4. The van der Waals surface area contributed by atoms with Crippen LogP contribution in [-0.4, -0.2) is 21.7 Å². The first-order chi connectivity index (χ1) is 7.81. The predicted molar refractivity (Wildman–Crippen MR) is 67.8 cm³/mol. The van der Waals surface area contributed by atoms with Crippen LogP contribution < -0.4 is 5.32 Å². The molecule has 1 N–H and O–H groups in total. The van der Waals surface area contributed by atoms with Gasteiger partial charge in [-0.3, -0.25) is 0 Å². The molecule has 2 rings (SSSR count). The van der Waals surface area contributed by atoms with Crippen molar-refractivity contribution >= 4 is 22.7 Å². The standard InChI is InChI=1S/C10H14N4S2/c1-3-4-11-5-8-13-14-10(16-8)9-7(2)12-6-15-9/h6,11H,3-5H2,1-2H3. The Labute approximate surface area is 103 Å². The third kappa shape index (κ3) is 2.63. The molecule has 0 aliphatic carbocycles. The minimum atomic E-state index is 0.809. The summed E-state index contributed by atoms with van der Waals surface area (Å²) in [5, 5.41) is 13.7. The lowest BCUT2D eigenvalue weighted by atomic mass is 10.4. The third-order valence-electron chi connectivity index (χ3n) is 2.11. The molecule has 0 spiro atoms. The summed E-state index contributed by atoms with van der Waals surface area (Å²) in [5.74, 6) is 0. The number of nitrogens with one attached hydrogen (secondary N) is 1. The van der Waals surface area contributed by atoms with Crippen molar-refractivity contribution in [3.8, 4) is 9.88 Å². The molecular weight excluding hydrogens is 240 g/mol. The van der Waals surface area contributed by atoms with Crippen LogP contribution in [0.1, 0.15) is 24.0 Å². The number of hydrogen-bond acceptors (Lipinski definition) is 6. The fourth-order valence-corrected chi connectivity index (χ4v) is 3.05. The van der Waals surface area contributed by atoms with Crippen molar-refractivity contribution in [3.63, 3.8) is 0 Å². The highest BCUT2D eigenvalue weighted by molar-refractivity contribution is 7.20. The van der Waals surface area contributed by atoms with Crippen LogP contribution in [0.25, 0.3) is 9.88 Å². The van der Waals surface area contributed by atoms with E-state index in [-0.39, 0.29) is 0 Å². The van der Waals surface area contributed by atoms with E-state index in [1.54, 1.807) is 22.7 Å². The molecule has 0 aliphatic heterocycles. The zero-order valence-corrected chi connectivity index (χ0v) is 11.0. The number of hydrogen-bond donors (Lipinski definition) is 1. The molecule has 86 valence electrons. The van der Waals surface area contributed by atoms with E-state index < -0.39 is 0 Å². The van der Waals surface area contributed by atoms with Gasteiger partial charge in [-0.05, 0) is 19.9 Å². The van der Waals surface area contributed by atoms with Crippen LogP contribution in [0.5, 0.6) is 0 Å². The van der Waals surface area contributed by atoms with Gasteiger partial charge < -0.3 is 5.32 Å². The predicted octanol–water partition coefficient (Wildman–Crippen LogP) is 2.47.